The molecule has 0 saturated carbocycles. The highest BCUT2D eigenvalue weighted by Gasteiger charge is 2.16. The second-order valence-corrected chi connectivity index (χ2v) is 5.29. The van der Waals surface area contributed by atoms with Crippen molar-refractivity contribution in [1.82, 2.24) is 20.6 Å². The van der Waals surface area contributed by atoms with Gasteiger partial charge in [0.25, 0.3) is 5.95 Å². The average Bonchev–Trinajstić information content (AvgIpc) is 2.91. The van der Waals surface area contributed by atoms with Crippen LogP contribution in [0.4, 0.5) is 5.95 Å². The highest BCUT2D eigenvalue weighted by atomic mass is 16.2. The molecule has 0 spiro atoms. The molecular weight excluding hydrogens is 254 g/mol. The van der Waals surface area contributed by atoms with E-state index in [1.165, 1.54) is 5.56 Å². The number of nitrogens with zero attached hydrogens (tertiary/aromatic N) is 3. The van der Waals surface area contributed by atoms with Gasteiger partial charge < -0.3 is 0 Å². The standard InChI is InChI=1S/C14H19N5O/c1-9(2)8-11-4-6-12(7-5-11)10(3)13(20)15-14-16-18-19-17-14/h4-7,9-10H,8H2,1-3H3,(H2,15,16,17,18,19,20). The first-order chi connectivity index (χ1) is 9.56. The maximum absolute atomic E-state index is 12.0. The smallest absolute Gasteiger partial charge is 0.269 e. The van der Waals surface area contributed by atoms with Crippen molar-refractivity contribution in [3.8, 4) is 0 Å². The van der Waals surface area contributed by atoms with Gasteiger partial charge in [-0.25, -0.2) is 0 Å². The summed E-state index contributed by atoms with van der Waals surface area (Å²) in [5.41, 5.74) is 2.26. The Morgan fingerprint density at radius 2 is 1.95 bits per heavy atom. The molecule has 106 valence electrons. The van der Waals surface area contributed by atoms with Crippen molar-refractivity contribution in [3.63, 3.8) is 0 Å². The van der Waals surface area contributed by atoms with E-state index in [2.05, 4.69) is 51.9 Å². The summed E-state index contributed by atoms with van der Waals surface area (Å²) in [6.07, 6.45) is 1.05. The molecule has 0 aliphatic heterocycles. The van der Waals surface area contributed by atoms with Gasteiger partial charge in [-0.15, -0.1) is 5.10 Å². The van der Waals surface area contributed by atoms with E-state index in [4.69, 9.17) is 0 Å². The van der Waals surface area contributed by atoms with Gasteiger partial charge in [-0.3, -0.25) is 10.1 Å². The third-order valence-corrected chi connectivity index (χ3v) is 3.10. The topological polar surface area (TPSA) is 83.6 Å². The lowest BCUT2D eigenvalue weighted by Gasteiger charge is -2.12. The van der Waals surface area contributed by atoms with E-state index < -0.39 is 0 Å². The number of H-pyrrole nitrogens is 1. The zero-order chi connectivity index (χ0) is 14.5. The van der Waals surface area contributed by atoms with E-state index in [0.717, 1.165) is 12.0 Å². The zero-order valence-corrected chi connectivity index (χ0v) is 11.9. The molecule has 1 unspecified atom stereocenters. The van der Waals surface area contributed by atoms with Crippen LogP contribution in [0.2, 0.25) is 0 Å². The van der Waals surface area contributed by atoms with Crippen LogP contribution in [0.1, 0.15) is 37.8 Å². The number of amides is 1. The van der Waals surface area contributed by atoms with E-state index >= 15 is 0 Å². The van der Waals surface area contributed by atoms with Gasteiger partial charge in [0.2, 0.25) is 5.91 Å². The Morgan fingerprint density at radius 3 is 2.50 bits per heavy atom. The number of benzene rings is 1. The van der Waals surface area contributed by atoms with E-state index in [0.29, 0.717) is 5.92 Å². The molecule has 0 aliphatic carbocycles. The molecule has 0 aliphatic rings. The van der Waals surface area contributed by atoms with Crippen LogP contribution in [0, 0.1) is 5.92 Å². The molecule has 20 heavy (non-hydrogen) atoms. The molecule has 6 nitrogen and oxygen atoms in total. The van der Waals surface area contributed by atoms with Gasteiger partial charge >= 0.3 is 0 Å². The minimum atomic E-state index is -0.262. The van der Waals surface area contributed by atoms with Crippen LogP contribution >= 0.6 is 0 Å². The lowest BCUT2D eigenvalue weighted by molar-refractivity contribution is -0.117. The predicted octanol–water partition coefficient (Wildman–Crippen LogP) is 2.14. The minimum Gasteiger partial charge on any atom is -0.291 e. The molecule has 6 heteroatoms. The van der Waals surface area contributed by atoms with Gasteiger partial charge in [-0.05, 0) is 35.6 Å². The molecule has 0 saturated heterocycles. The number of hydrogen-bond donors (Lipinski definition) is 2. The number of carbonyl (C=O) groups excluding carboxylic acids is 1. The maximum Gasteiger partial charge on any atom is 0.269 e. The first-order valence-corrected chi connectivity index (χ1v) is 6.69. The first-order valence-electron chi connectivity index (χ1n) is 6.69. The number of carbonyl (C=O) groups is 1. The molecule has 1 aromatic heterocycles. The van der Waals surface area contributed by atoms with Crippen molar-refractivity contribution in [2.24, 2.45) is 5.92 Å². The Labute approximate surface area is 118 Å². The Balaban J connectivity index is 2.01. The highest BCUT2D eigenvalue weighted by molar-refractivity contribution is 5.94. The first kappa shape index (κ1) is 14.2. The highest BCUT2D eigenvalue weighted by Crippen LogP contribution is 2.18. The zero-order valence-electron chi connectivity index (χ0n) is 11.9. The van der Waals surface area contributed by atoms with Gasteiger partial charge in [0.05, 0.1) is 5.92 Å². The van der Waals surface area contributed by atoms with Crippen molar-refractivity contribution in [2.45, 2.75) is 33.1 Å². The van der Waals surface area contributed by atoms with Gasteiger partial charge in [0.1, 0.15) is 0 Å². The van der Waals surface area contributed by atoms with Gasteiger partial charge in [-0.1, -0.05) is 43.2 Å². The maximum atomic E-state index is 12.0. The van der Waals surface area contributed by atoms with E-state index in [-0.39, 0.29) is 17.8 Å². The second-order valence-electron chi connectivity index (χ2n) is 5.29. The van der Waals surface area contributed by atoms with Gasteiger partial charge in [-0.2, -0.15) is 5.21 Å². The Morgan fingerprint density at radius 1 is 1.25 bits per heavy atom. The molecular formula is C14H19N5O. The third kappa shape index (κ3) is 3.63. The van der Waals surface area contributed by atoms with Crippen molar-refractivity contribution in [2.75, 3.05) is 5.32 Å². The summed E-state index contributed by atoms with van der Waals surface area (Å²) >= 11 is 0. The van der Waals surface area contributed by atoms with Crippen LogP contribution in [-0.2, 0) is 11.2 Å². The molecule has 0 bridgehead atoms. The van der Waals surface area contributed by atoms with Crippen molar-refractivity contribution < 1.29 is 4.79 Å². The lowest BCUT2D eigenvalue weighted by atomic mass is 9.96. The van der Waals surface area contributed by atoms with Crippen LogP contribution < -0.4 is 5.32 Å². The molecule has 2 aromatic rings. The number of tetrazole rings is 1. The van der Waals surface area contributed by atoms with Crippen LogP contribution in [0.3, 0.4) is 0 Å². The molecule has 1 heterocycles. The van der Waals surface area contributed by atoms with E-state index in [1.54, 1.807) is 0 Å². The Hall–Kier alpha value is -2.24. The fourth-order valence-corrected chi connectivity index (χ4v) is 2.00. The quantitative estimate of drug-likeness (QED) is 0.874. The summed E-state index contributed by atoms with van der Waals surface area (Å²) in [6.45, 7) is 6.23. The van der Waals surface area contributed by atoms with Crippen LogP contribution in [-0.4, -0.2) is 26.5 Å². The average molecular weight is 273 g/mol. The minimum absolute atomic E-state index is 0.150. The van der Waals surface area contributed by atoms with Gasteiger partial charge in [0.15, 0.2) is 0 Å². The third-order valence-electron chi connectivity index (χ3n) is 3.10. The second kappa shape index (κ2) is 6.27. The summed E-state index contributed by atoms with van der Waals surface area (Å²) in [5, 5.41) is 15.7. The predicted molar refractivity (Wildman–Crippen MR) is 76.2 cm³/mol. The largest absolute Gasteiger partial charge is 0.291 e. The fourth-order valence-electron chi connectivity index (χ4n) is 2.00. The number of anilines is 1. The van der Waals surface area contributed by atoms with Crippen LogP contribution in [0.15, 0.2) is 24.3 Å². The number of rotatable bonds is 5. The SMILES string of the molecule is CC(C)Cc1ccc(C(C)C(=O)Nc2nn[nH]n2)cc1. The molecule has 1 atom stereocenters. The number of aromatic nitrogens is 4. The van der Waals surface area contributed by atoms with Crippen LogP contribution in [0.5, 0.6) is 0 Å². The summed E-state index contributed by atoms with van der Waals surface area (Å²) in [7, 11) is 0. The Bertz CT molecular complexity index is 547. The summed E-state index contributed by atoms with van der Waals surface area (Å²) in [4.78, 5) is 12.0. The number of nitrogens with one attached hydrogen (secondary N) is 2. The molecule has 2 N–H and O–H groups in total. The normalized spacial score (nSPS) is 12.4. The lowest BCUT2D eigenvalue weighted by Crippen LogP contribution is -2.19. The molecule has 0 radical (unpaired) electrons. The molecule has 1 aromatic carbocycles. The van der Waals surface area contributed by atoms with Crippen molar-refractivity contribution in [3.05, 3.63) is 35.4 Å². The summed E-state index contributed by atoms with van der Waals surface area (Å²) in [5.74, 6) is 0.405. The fraction of sp³-hybridized carbons (Fsp3) is 0.429. The number of aromatic amines is 1. The monoisotopic (exact) mass is 273 g/mol. The van der Waals surface area contributed by atoms with E-state index in [1.807, 2.05) is 19.1 Å². The van der Waals surface area contributed by atoms with E-state index in [9.17, 15) is 4.79 Å². The molecule has 2 rings (SSSR count). The van der Waals surface area contributed by atoms with Crippen LogP contribution in [0.25, 0.3) is 0 Å². The van der Waals surface area contributed by atoms with Crippen molar-refractivity contribution >= 4 is 11.9 Å². The van der Waals surface area contributed by atoms with Gasteiger partial charge in [0, 0.05) is 0 Å². The van der Waals surface area contributed by atoms with Crippen molar-refractivity contribution in [1.29, 1.82) is 0 Å². The summed E-state index contributed by atoms with van der Waals surface area (Å²) in [6, 6.07) is 8.15. The molecule has 1 amide bonds. The number of hydrogen-bond acceptors (Lipinski definition) is 4. The summed E-state index contributed by atoms with van der Waals surface area (Å²) < 4.78 is 0. The molecule has 0 fully saturated rings. The Kier molecular flexibility index (Phi) is 4.45.